The van der Waals surface area contributed by atoms with E-state index >= 15 is 0 Å². The summed E-state index contributed by atoms with van der Waals surface area (Å²) < 4.78 is 0. The summed E-state index contributed by atoms with van der Waals surface area (Å²) in [5.41, 5.74) is 1.68. The smallest absolute Gasteiger partial charge is 1.00 e. The van der Waals surface area contributed by atoms with Crippen LogP contribution in [0.25, 0.3) is 26.6 Å². The monoisotopic (exact) mass is 461 g/mol. The molecule has 0 amide bonds. The summed E-state index contributed by atoms with van der Waals surface area (Å²) in [6, 6.07) is 22.8. The van der Waals surface area contributed by atoms with Crippen molar-refractivity contribution in [3.8, 4) is 5.30 Å². The van der Waals surface area contributed by atoms with Crippen LogP contribution in [0.1, 0.15) is 23.7 Å². The molecule has 0 fully saturated rings. The number of aryl methyl sites for hydroxylation is 1. The quantitative estimate of drug-likeness (QED) is 0.363. The fraction of sp³-hybridized carbons (Fsp3) is 0.190. The third-order valence-electron chi connectivity index (χ3n) is 5.04. The van der Waals surface area contributed by atoms with Crippen molar-refractivity contribution in [1.29, 1.82) is 0 Å². The first kappa shape index (κ1) is 20.9. The van der Waals surface area contributed by atoms with Gasteiger partial charge >= 0.3 is 26.2 Å². The molecule has 5 rings (SSSR count). The summed E-state index contributed by atoms with van der Waals surface area (Å²) in [7, 11) is -0.281. The molecule has 4 heteroatoms. The Bertz CT molecular complexity index is 967. The van der Waals surface area contributed by atoms with E-state index in [0.717, 1.165) is 0 Å². The minimum atomic E-state index is -0.281. The molecule has 125 valence electrons. The van der Waals surface area contributed by atoms with Gasteiger partial charge in [0.2, 0.25) is 0 Å². The van der Waals surface area contributed by atoms with E-state index in [1.807, 2.05) is 0 Å². The molecular formula is C21H18Cl2PZr. The van der Waals surface area contributed by atoms with Crippen molar-refractivity contribution >= 4 is 28.8 Å². The molecule has 1 heterocycles. The SMILES string of the molecule is [Cl-].[Cl-].[Zr+3].c1ccc2[cH-]c(-p3c4c(c5ccccc53)CCCC4)cc2c1. The largest absolute Gasteiger partial charge is 3.00 e. The second-order valence-electron chi connectivity index (χ2n) is 6.33. The molecule has 0 bridgehead atoms. The van der Waals surface area contributed by atoms with Gasteiger partial charge in [0.1, 0.15) is 0 Å². The average Bonchev–Trinajstić information content (AvgIpc) is 3.13. The fourth-order valence-electron chi connectivity index (χ4n) is 4.05. The summed E-state index contributed by atoms with van der Waals surface area (Å²) in [5, 5.41) is 9.24. The van der Waals surface area contributed by atoms with Crippen LogP contribution < -0.4 is 24.8 Å². The summed E-state index contributed by atoms with van der Waals surface area (Å²) in [4.78, 5) is 0. The zero-order valence-electron chi connectivity index (χ0n) is 13.8. The van der Waals surface area contributed by atoms with Gasteiger partial charge in [0.25, 0.3) is 0 Å². The summed E-state index contributed by atoms with van der Waals surface area (Å²) >= 11 is 0. The predicted octanol–water partition coefficient (Wildman–Crippen LogP) is 0.572. The van der Waals surface area contributed by atoms with Crippen molar-refractivity contribution in [3.05, 3.63) is 71.5 Å². The van der Waals surface area contributed by atoms with Crippen LogP contribution in [0.5, 0.6) is 0 Å². The van der Waals surface area contributed by atoms with Gasteiger partial charge in [-0.05, 0) is 41.9 Å². The van der Waals surface area contributed by atoms with Crippen LogP contribution in [-0.4, -0.2) is 0 Å². The molecule has 1 radical (unpaired) electrons. The molecule has 1 aromatic heterocycles. The number of benzene rings is 2. The van der Waals surface area contributed by atoms with E-state index in [2.05, 4.69) is 60.7 Å². The Morgan fingerprint density at radius 1 is 0.840 bits per heavy atom. The van der Waals surface area contributed by atoms with Crippen molar-refractivity contribution in [1.82, 2.24) is 0 Å². The first-order valence-electron chi connectivity index (χ1n) is 8.19. The fourth-order valence-corrected chi connectivity index (χ4v) is 7.04. The van der Waals surface area contributed by atoms with Gasteiger partial charge in [0.05, 0.1) is 0 Å². The zero-order valence-corrected chi connectivity index (χ0v) is 18.7. The third-order valence-corrected chi connectivity index (χ3v) is 7.72. The topological polar surface area (TPSA) is 0 Å². The van der Waals surface area contributed by atoms with Crippen molar-refractivity contribution in [2.24, 2.45) is 0 Å². The normalized spacial score (nSPS) is 13.5. The molecule has 0 aliphatic heterocycles. The molecule has 25 heavy (non-hydrogen) atoms. The third kappa shape index (κ3) is 3.42. The Morgan fingerprint density at radius 2 is 1.56 bits per heavy atom. The zero-order chi connectivity index (χ0) is 14.5. The molecular weight excluding hydrogens is 445 g/mol. The first-order valence-corrected chi connectivity index (χ1v) is 9.53. The molecule has 1 atom stereocenters. The van der Waals surface area contributed by atoms with Gasteiger partial charge in [-0.15, -0.1) is 42.6 Å². The molecule has 0 saturated heterocycles. The Hall–Kier alpha value is -0.447. The second-order valence-corrected chi connectivity index (χ2v) is 8.54. The molecule has 1 aliphatic rings. The van der Waals surface area contributed by atoms with E-state index in [1.165, 1.54) is 36.5 Å². The van der Waals surface area contributed by atoms with Crippen molar-refractivity contribution in [2.45, 2.75) is 25.7 Å². The number of fused-ring (bicyclic) bond motifs is 4. The van der Waals surface area contributed by atoms with Crippen molar-refractivity contribution < 1.29 is 51.0 Å². The first-order chi connectivity index (χ1) is 10.9. The van der Waals surface area contributed by atoms with Crippen LogP contribution in [0, 0.1) is 0 Å². The molecule has 0 spiro atoms. The van der Waals surface area contributed by atoms with Crippen LogP contribution >= 0.6 is 7.53 Å². The maximum atomic E-state index is 2.43. The molecule has 1 unspecified atom stereocenters. The Labute approximate surface area is 181 Å². The molecule has 3 aromatic carbocycles. The van der Waals surface area contributed by atoms with E-state index in [4.69, 9.17) is 0 Å². The average molecular weight is 463 g/mol. The second kappa shape index (κ2) is 8.50. The maximum Gasteiger partial charge on any atom is 3.00 e. The molecule has 1 aliphatic carbocycles. The van der Waals surface area contributed by atoms with Crippen molar-refractivity contribution in [2.75, 3.05) is 0 Å². The van der Waals surface area contributed by atoms with Gasteiger partial charge in [0, 0.05) is 5.12 Å². The summed E-state index contributed by atoms with van der Waals surface area (Å²) in [6.07, 6.45) is 5.31. The minimum absolute atomic E-state index is 0. The molecule has 0 saturated carbocycles. The predicted molar refractivity (Wildman–Crippen MR) is 97.7 cm³/mol. The van der Waals surface area contributed by atoms with Gasteiger partial charge in [-0.2, -0.15) is 6.07 Å². The van der Waals surface area contributed by atoms with Gasteiger partial charge < -0.3 is 24.8 Å². The molecule has 0 N–H and O–H groups in total. The maximum absolute atomic E-state index is 2.43. The Balaban J connectivity index is 0.000000751. The van der Waals surface area contributed by atoms with E-state index in [-0.39, 0.29) is 58.6 Å². The van der Waals surface area contributed by atoms with Crippen LogP contribution in [0.3, 0.4) is 0 Å². The standard InChI is InChI=1S/C21H18P.2ClH.Zr/c1-2-8-16-14-17(13-15(16)7-1)22-20-11-5-3-9-18(20)19-10-4-6-12-21(19)22;;;/h1-3,5,7-9,11,13-14H,4,6,10,12H2;2*1H;/q-1;;;+3/p-2. The van der Waals surface area contributed by atoms with Crippen LogP contribution in [0.15, 0.2) is 60.7 Å². The minimum Gasteiger partial charge on any atom is -1.00 e. The van der Waals surface area contributed by atoms with Crippen molar-refractivity contribution in [3.63, 3.8) is 0 Å². The summed E-state index contributed by atoms with van der Waals surface area (Å²) in [5.74, 6) is 0. The van der Waals surface area contributed by atoms with E-state index < -0.39 is 0 Å². The van der Waals surface area contributed by atoms with Crippen LogP contribution in [0.2, 0.25) is 0 Å². The van der Waals surface area contributed by atoms with Crippen LogP contribution in [0.4, 0.5) is 0 Å². The van der Waals surface area contributed by atoms with Gasteiger partial charge in [-0.25, -0.2) is 0 Å². The van der Waals surface area contributed by atoms with E-state index in [9.17, 15) is 0 Å². The van der Waals surface area contributed by atoms with E-state index in [1.54, 1.807) is 26.7 Å². The van der Waals surface area contributed by atoms with Gasteiger partial charge in [-0.1, -0.05) is 35.6 Å². The van der Waals surface area contributed by atoms with Crippen LogP contribution in [-0.2, 0) is 39.0 Å². The Morgan fingerprint density at radius 3 is 2.40 bits per heavy atom. The number of hydrogen-bond donors (Lipinski definition) is 0. The van der Waals surface area contributed by atoms with E-state index in [0.29, 0.717) is 0 Å². The number of hydrogen-bond acceptors (Lipinski definition) is 0. The van der Waals surface area contributed by atoms with Gasteiger partial charge in [0.15, 0.2) is 0 Å². The summed E-state index contributed by atoms with van der Waals surface area (Å²) in [6.45, 7) is 0. The molecule has 0 nitrogen and oxygen atoms in total. The molecule has 4 aromatic rings. The Kier molecular flexibility index (Phi) is 7.09. The van der Waals surface area contributed by atoms with Gasteiger partial charge in [-0.3, -0.25) is 0 Å². The number of halogens is 2. The number of rotatable bonds is 1.